The number of nitrogens with two attached hydrogens (primary N) is 1. The van der Waals surface area contributed by atoms with Crippen molar-refractivity contribution in [3.63, 3.8) is 0 Å². The predicted molar refractivity (Wildman–Crippen MR) is 183 cm³/mol. The number of ether oxygens (including phenoxy) is 1. The Morgan fingerprint density at radius 1 is 1.17 bits per heavy atom. The maximum Gasteiger partial charge on any atom is 0.240 e. The van der Waals surface area contributed by atoms with E-state index < -0.39 is 34.2 Å². The van der Waals surface area contributed by atoms with Crippen molar-refractivity contribution in [3.8, 4) is 0 Å². The van der Waals surface area contributed by atoms with Gasteiger partial charge in [-0.3, -0.25) is 9.63 Å². The molecule has 0 aromatic carbocycles. The number of fused-ring (bicyclic) bond motifs is 2. The summed E-state index contributed by atoms with van der Waals surface area (Å²) >= 11 is 0. The summed E-state index contributed by atoms with van der Waals surface area (Å²) in [6, 6.07) is -0.123. The van der Waals surface area contributed by atoms with E-state index in [2.05, 4.69) is 49.8 Å². The summed E-state index contributed by atoms with van der Waals surface area (Å²) in [6.07, 6.45) is 8.36. The number of nitrogens with one attached hydrogen (secondary N) is 2. The Morgan fingerprint density at radius 3 is 2.47 bits per heavy atom. The molecule has 272 valence electrons. The maximum atomic E-state index is 14.2. The van der Waals surface area contributed by atoms with Gasteiger partial charge in [0, 0.05) is 50.7 Å². The number of rotatable bonds is 12. The van der Waals surface area contributed by atoms with Gasteiger partial charge >= 0.3 is 0 Å². The summed E-state index contributed by atoms with van der Waals surface area (Å²) in [5.74, 6) is 2.30. The topological polar surface area (TPSA) is 146 Å². The molecule has 0 aromatic rings. The van der Waals surface area contributed by atoms with E-state index in [1.165, 1.54) is 12.7 Å². The molecule has 1 aliphatic heterocycles. The molecule has 1 saturated heterocycles. The Hall–Kier alpha value is -0.860. The lowest BCUT2D eigenvalue weighted by Gasteiger charge is -2.62. The van der Waals surface area contributed by atoms with E-state index in [-0.39, 0.29) is 36.4 Å². The highest BCUT2D eigenvalue weighted by Gasteiger charge is 2.57. The molecule has 1 heterocycles. The lowest BCUT2D eigenvalue weighted by atomic mass is 9.45. The van der Waals surface area contributed by atoms with E-state index in [1.54, 1.807) is 14.0 Å². The molecule has 2 bridgehead atoms. The van der Waals surface area contributed by atoms with E-state index in [0.29, 0.717) is 54.1 Å². The molecule has 6 fully saturated rings. The number of aliphatic hydroxyl groups excluding tert-OH is 1. The quantitative estimate of drug-likeness (QED) is 0.244. The van der Waals surface area contributed by atoms with Crippen LogP contribution in [0, 0.1) is 52.8 Å². The molecule has 6 rings (SSSR count). The van der Waals surface area contributed by atoms with E-state index >= 15 is 0 Å². The minimum absolute atomic E-state index is 0.0138. The Balaban J connectivity index is 1.32. The summed E-state index contributed by atoms with van der Waals surface area (Å²) in [5.41, 5.74) is 6.52. The molecule has 5 N–H and O–H groups in total. The highest BCUT2D eigenvalue weighted by Crippen LogP contribution is 2.61. The number of hydrogen-bond donors (Lipinski definition) is 4. The predicted octanol–water partition coefficient (Wildman–Crippen LogP) is 2.44. The van der Waals surface area contributed by atoms with Crippen LogP contribution in [0.1, 0.15) is 79.1 Å². The second kappa shape index (κ2) is 14.8. The molecular weight excluding hydrogens is 618 g/mol. The van der Waals surface area contributed by atoms with Gasteiger partial charge in [0.25, 0.3) is 0 Å². The van der Waals surface area contributed by atoms with Gasteiger partial charge in [0.15, 0.2) is 0 Å². The first-order valence-corrected chi connectivity index (χ1v) is 20.2. The number of hydroxylamine groups is 2. The second-order valence-corrected chi connectivity index (χ2v) is 18.8. The van der Waals surface area contributed by atoms with E-state index in [1.807, 2.05) is 5.06 Å². The number of sulfonamides is 1. The van der Waals surface area contributed by atoms with E-state index in [9.17, 15) is 18.3 Å². The van der Waals surface area contributed by atoms with Gasteiger partial charge in [-0.25, -0.2) is 13.1 Å². The van der Waals surface area contributed by atoms with Crippen LogP contribution < -0.4 is 15.8 Å². The van der Waals surface area contributed by atoms with Crippen LogP contribution in [0.3, 0.4) is 0 Å². The molecule has 6 unspecified atom stereocenters. The maximum absolute atomic E-state index is 14.2. The third kappa shape index (κ3) is 7.90. The Kier molecular flexibility index (Phi) is 11.8. The van der Waals surface area contributed by atoms with Crippen molar-refractivity contribution in [1.29, 1.82) is 0 Å². The summed E-state index contributed by atoms with van der Waals surface area (Å²) in [5, 5.41) is 16.2. The van der Waals surface area contributed by atoms with Crippen molar-refractivity contribution in [2.45, 2.75) is 115 Å². The number of methoxy groups -OCH3 is 1. The van der Waals surface area contributed by atoms with Crippen molar-refractivity contribution in [1.82, 2.24) is 20.0 Å². The molecule has 1 amide bonds. The van der Waals surface area contributed by atoms with Crippen LogP contribution >= 0.6 is 0 Å². The fraction of sp³-hybridized carbons (Fsp3) is 0.971. The number of carbonyl (C=O) groups excluding carboxylic acids is 1. The molecule has 5 aliphatic carbocycles. The van der Waals surface area contributed by atoms with Crippen LogP contribution in [0.15, 0.2) is 0 Å². The van der Waals surface area contributed by atoms with Gasteiger partial charge in [-0.2, -0.15) is 5.06 Å². The zero-order chi connectivity index (χ0) is 34.4. The normalized spacial score (nSPS) is 43.0. The zero-order valence-corrected chi connectivity index (χ0v) is 31.0. The van der Waals surface area contributed by atoms with Crippen molar-refractivity contribution >= 4 is 15.9 Å². The van der Waals surface area contributed by atoms with Crippen LogP contribution in [-0.4, -0.2) is 113 Å². The second-order valence-electron chi connectivity index (χ2n) is 16.9. The first-order chi connectivity index (χ1) is 22.0. The minimum Gasteiger partial charge on any atom is -0.393 e. The first kappa shape index (κ1) is 37.4. The Labute approximate surface area is 284 Å². The highest BCUT2D eigenvalue weighted by atomic mass is 32.2. The van der Waals surface area contributed by atoms with E-state index in [4.69, 9.17) is 15.3 Å². The van der Waals surface area contributed by atoms with Gasteiger partial charge in [-0.05, 0) is 107 Å². The number of carbonyl (C=O) groups is 1. The monoisotopic (exact) mass is 683 g/mol. The average molecular weight is 684 g/mol. The van der Waals surface area contributed by atoms with Crippen molar-refractivity contribution < 1.29 is 27.9 Å². The summed E-state index contributed by atoms with van der Waals surface area (Å²) in [6.45, 7) is 9.99. The Bertz CT molecular complexity index is 1180. The third-order valence-corrected chi connectivity index (χ3v) is 14.3. The molecule has 6 aliphatic rings. The molecule has 47 heavy (non-hydrogen) atoms. The van der Waals surface area contributed by atoms with Crippen LogP contribution in [0.5, 0.6) is 0 Å². The van der Waals surface area contributed by atoms with Crippen LogP contribution in [0.4, 0.5) is 0 Å². The summed E-state index contributed by atoms with van der Waals surface area (Å²) < 4.78 is 32.9. The molecule has 5 saturated carbocycles. The van der Waals surface area contributed by atoms with E-state index in [0.717, 1.165) is 44.9 Å². The number of hydrogen-bond acceptors (Lipinski definition) is 9. The van der Waals surface area contributed by atoms with Crippen LogP contribution in [-0.2, 0) is 24.4 Å². The van der Waals surface area contributed by atoms with Gasteiger partial charge in [-0.1, -0.05) is 27.2 Å². The first-order valence-electron chi connectivity index (χ1n) is 18.3. The number of nitrogens with zero attached hydrogens (tertiary/aromatic N) is 2. The lowest BCUT2D eigenvalue weighted by Crippen LogP contribution is -2.62. The molecule has 11 nitrogen and oxygen atoms in total. The smallest absolute Gasteiger partial charge is 0.240 e. The standard InChI is InChI=1S/C35H65N5O6S/c1-20-28-15-25(35(28,3)4)16-29(20)38-34(42)32-31(21(2)41)30(17-36)46-40(32)19-23-10-9-11-27(33(23)45-7)24-12-22(18-37-47(8,43)44)13-26(14-24)39(5)6/h20-33,37,41H,9-19,36H2,1-8H3,(H,38,42)/t20-,21-,22?,23?,24?,25+,26?,27?,28-,29-,30-,31-,32-,33?/m0/s1. The van der Waals surface area contributed by atoms with Gasteiger partial charge in [0.2, 0.25) is 15.9 Å². The molecule has 0 spiro atoms. The molecule has 12 heteroatoms. The van der Waals surface area contributed by atoms with Crippen LogP contribution in [0.25, 0.3) is 0 Å². The fourth-order valence-electron chi connectivity index (χ4n) is 10.8. The SMILES string of the molecule is COC1C(CN2O[C@@H](CN)[C@H]([C@H](C)O)[C@H]2C(=O)N[C@H]2C[C@H]3C[C@@H]([C@@H]2C)C3(C)C)CCCC1C1CC(CNS(C)(=O)=O)CC(N(C)C)C1. The Morgan fingerprint density at radius 2 is 1.89 bits per heavy atom. The lowest BCUT2D eigenvalue weighted by molar-refractivity contribution is -0.186. The highest BCUT2D eigenvalue weighted by molar-refractivity contribution is 7.88. The third-order valence-electron chi connectivity index (χ3n) is 13.6. The molecule has 14 atom stereocenters. The molecule has 0 aromatic heterocycles. The summed E-state index contributed by atoms with van der Waals surface area (Å²) in [7, 11) is 2.78. The van der Waals surface area contributed by atoms with Crippen molar-refractivity contribution in [3.05, 3.63) is 0 Å². The van der Waals surface area contributed by atoms with Crippen LogP contribution in [0.2, 0.25) is 0 Å². The molecule has 0 radical (unpaired) electrons. The minimum atomic E-state index is -3.26. The number of amides is 1. The van der Waals surface area contributed by atoms with Crippen molar-refractivity contribution in [2.75, 3.05) is 47.1 Å². The fourth-order valence-corrected chi connectivity index (χ4v) is 11.3. The van der Waals surface area contributed by atoms with Gasteiger partial charge in [-0.15, -0.1) is 0 Å². The van der Waals surface area contributed by atoms with Crippen molar-refractivity contribution in [2.24, 2.45) is 58.5 Å². The molecular formula is C35H65N5O6S. The zero-order valence-electron chi connectivity index (χ0n) is 30.2. The van der Waals surface area contributed by atoms with Gasteiger partial charge < -0.3 is 25.8 Å². The van der Waals surface area contributed by atoms with Gasteiger partial charge in [0.1, 0.15) is 6.04 Å². The number of aliphatic hydroxyl groups is 1. The summed E-state index contributed by atoms with van der Waals surface area (Å²) in [4.78, 5) is 23.0. The van der Waals surface area contributed by atoms with Gasteiger partial charge in [0.05, 0.1) is 24.6 Å². The largest absolute Gasteiger partial charge is 0.393 e. The average Bonchev–Trinajstić information content (AvgIpc) is 3.38.